The molecule has 0 N–H and O–H groups in total. The van der Waals surface area contributed by atoms with Gasteiger partial charge in [0.2, 0.25) is 5.79 Å². The van der Waals surface area contributed by atoms with E-state index in [1.165, 1.54) is 0 Å². The highest BCUT2D eigenvalue weighted by molar-refractivity contribution is 5.00. The first-order valence-corrected chi connectivity index (χ1v) is 2.52. The summed E-state index contributed by atoms with van der Waals surface area (Å²) < 4.78 is 10.1. The van der Waals surface area contributed by atoms with Gasteiger partial charge in [0.1, 0.15) is 0 Å². The summed E-state index contributed by atoms with van der Waals surface area (Å²) in [4.78, 5) is 0. The van der Waals surface area contributed by atoms with E-state index in [0.717, 1.165) is 0 Å². The Balaban J connectivity index is 2.56. The van der Waals surface area contributed by atoms with Crippen molar-refractivity contribution in [1.29, 1.82) is 0 Å². The molecular formula is C6H8O2. The van der Waals surface area contributed by atoms with Gasteiger partial charge in [0, 0.05) is 6.92 Å². The van der Waals surface area contributed by atoms with Crippen molar-refractivity contribution in [2.75, 3.05) is 13.2 Å². The minimum absolute atomic E-state index is 0.612. The molecule has 1 aliphatic heterocycles. The molecule has 0 bridgehead atoms. The summed E-state index contributed by atoms with van der Waals surface area (Å²) >= 11 is 0. The van der Waals surface area contributed by atoms with Gasteiger partial charge >= 0.3 is 0 Å². The standard InChI is InChI=1S/C6H8O2/c1-3-6(2)7-4-5-8-6/h1H,4-5H2,2H3. The summed E-state index contributed by atoms with van der Waals surface area (Å²) in [6.45, 7) is 2.96. The first-order chi connectivity index (χ1) is 3.77. The van der Waals surface area contributed by atoms with Crippen LogP contribution in [-0.2, 0) is 9.47 Å². The molecule has 1 aliphatic rings. The van der Waals surface area contributed by atoms with E-state index in [-0.39, 0.29) is 0 Å². The number of hydrogen-bond acceptors (Lipinski definition) is 2. The Bertz CT molecular complexity index is 117. The van der Waals surface area contributed by atoms with Gasteiger partial charge in [-0.3, -0.25) is 0 Å². The molecular weight excluding hydrogens is 104 g/mol. The minimum Gasteiger partial charge on any atom is -0.337 e. The zero-order chi connectivity index (χ0) is 6.04. The van der Waals surface area contributed by atoms with E-state index >= 15 is 0 Å². The van der Waals surface area contributed by atoms with Crippen molar-refractivity contribution >= 4 is 0 Å². The lowest BCUT2D eigenvalue weighted by molar-refractivity contribution is -0.0909. The Morgan fingerprint density at radius 2 is 2.00 bits per heavy atom. The quantitative estimate of drug-likeness (QED) is 0.422. The first kappa shape index (κ1) is 5.61. The Labute approximate surface area is 48.8 Å². The van der Waals surface area contributed by atoms with E-state index in [0.29, 0.717) is 13.2 Å². The molecule has 8 heavy (non-hydrogen) atoms. The van der Waals surface area contributed by atoms with Gasteiger partial charge in [-0.1, -0.05) is 0 Å². The third-order valence-electron chi connectivity index (χ3n) is 1.10. The molecule has 0 aromatic heterocycles. The fourth-order valence-electron chi connectivity index (χ4n) is 0.598. The molecule has 0 amide bonds. The molecule has 1 fully saturated rings. The van der Waals surface area contributed by atoms with E-state index in [4.69, 9.17) is 15.9 Å². The highest BCUT2D eigenvalue weighted by Crippen LogP contribution is 2.15. The van der Waals surface area contributed by atoms with Crippen molar-refractivity contribution in [1.82, 2.24) is 0 Å². The normalized spacial score (nSPS) is 25.0. The van der Waals surface area contributed by atoms with Gasteiger partial charge in [-0.2, -0.15) is 0 Å². The molecule has 0 radical (unpaired) electrons. The number of hydrogen-bond donors (Lipinski definition) is 0. The molecule has 2 nitrogen and oxygen atoms in total. The smallest absolute Gasteiger partial charge is 0.230 e. The van der Waals surface area contributed by atoms with Crippen LogP contribution in [0.2, 0.25) is 0 Å². The van der Waals surface area contributed by atoms with Gasteiger partial charge < -0.3 is 9.47 Å². The average molecular weight is 112 g/mol. The van der Waals surface area contributed by atoms with Crippen LogP contribution in [0.3, 0.4) is 0 Å². The van der Waals surface area contributed by atoms with Crippen molar-refractivity contribution in [3.63, 3.8) is 0 Å². The molecule has 1 saturated heterocycles. The van der Waals surface area contributed by atoms with Crippen molar-refractivity contribution in [2.45, 2.75) is 12.7 Å². The monoisotopic (exact) mass is 112 g/mol. The fourth-order valence-corrected chi connectivity index (χ4v) is 0.598. The third-order valence-corrected chi connectivity index (χ3v) is 1.10. The van der Waals surface area contributed by atoms with Crippen LogP contribution in [0.15, 0.2) is 0 Å². The maximum atomic E-state index is 5.07. The molecule has 1 heterocycles. The third kappa shape index (κ3) is 0.835. The second-order valence-corrected chi connectivity index (χ2v) is 1.79. The van der Waals surface area contributed by atoms with Crippen LogP contribution < -0.4 is 0 Å². The second-order valence-electron chi connectivity index (χ2n) is 1.79. The minimum atomic E-state index is -0.736. The molecule has 2 heteroatoms. The maximum absolute atomic E-state index is 5.07. The van der Waals surface area contributed by atoms with Gasteiger partial charge in [-0.15, -0.1) is 6.42 Å². The fraction of sp³-hybridized carbons (Fsp3) is 0.667. The van der Waals surface area contributed by atoms with Crippen molar-refractivity contribution < 1.29 is 9.47 Å². The lowest BCUT2D eigenvalue weighted by atomic mass is 10.3. The predicted octanol–water partition coefficient (Wildman–Crippen LogP) is 0.383. The molecule has 0 atom stereocenters. The van der Waals surface area contributed by atoms with Crippen molar-refractivity contribution in [3.8, 4) is 12.3 Å². The summed E-state index contributed by atoms with van der Waals surface area (Å²) in [5.41, 5.74) is 0. The number of ether oxygens (including phenoxy) is 2. The number of rotatable bonds is 0. The summed E-state index contributed by atoms with van der Waals surface area (Å²) in [6.07, 6.45) is 5.07. The topological polar surface area (TPSA) is 18.5 Å². The van der Waals surface area contributed by atoms with E-state index in [2.05, 4.69) is 5.92 Å². The highest BCUT2D eigenvalue weighted by atomic mass is 16.7. The molecule has 0 spiro atoms. The summed E-state index contributed by atoms with van der Waals surface area (Å²) in [5.74, 6) is 1.66. The Morgan fingerprint density at radius 3 is 2.25 bits per heavy atom. The Kier molecular flexibility index (Phi) is 1.24. The summed E-state index contributed by atoms with van der Waals surface area (Å²) in [5, 5.41) is 0. The Hall–Kier alpha value is -0.520. The molecule has 0 aliphatic carbocycles. The SMILES string of the molecule is C#CC1(C)OCCO1. The van der Waals surface area contributed by atoms with E-state index in [1.54, 1.807) is 6.92 Å². The van der Waals surface area contributed by atoms with Gasteiger partial charge in [-0.25, -0.2) is 0 Å². The molecule has 0 aromatic carbocycles. The zero-order valence-corrected chi connectivity index (χ0v) is 4.81. The van der Waals surface area contributed by atoms with Crippen LogP contribution in [0.1, 0.15) is 6.92 Å². The van der Waals surface area contributed by atoms with Crippen LogP contribution in [0.5, 0.6) is 0 Å². The molecule has 0 unspecified atom stereocenters. The van der Waals surface area contributed by atoms with Crippen LogP contribution in [-0.4, -0.2) is 19.0 Å². The number of terminal acetylenes is 1. The summed E-state index contributed by atoms with van der Waals surface area (Å²) in [6, 6.07) is 0. The van der Waals surface area contributed by atoms with Crippen LogP contribution in [0.4, 0.5) is 0 Å². The summed E-state index contributed by atoms with van der Waals surface area (Å²) in [7, 11) is 0. The van der Waals surface area contributed by atoms with Crippen molar-refractivity contribution in [3.05, 3.63) is 0 Å². The maximum Gasteiger partial charge on any atom is 0.230 e. The van der Waals surface area contributed by atoms with E-state index < -0.39 is 5.79 Å². The largest absolute Gasteiger partial charge is 0.337 e. The lowest BCUT2D eigenvalue weighted by Crippen LogP contribution is -2.21. The van der Waals surface area contributed by atoms with Crippen LogP contribution in [0, 0.1) is 12.3 Å². The van der Waals surface area contributed by atoms with E-state index in [1.807, 2.05) is 0 Å². The average Bonchev–Trinajstić information content (AvgIpc) is 2.17. The van der Waals surface area contributed by atoms with Crippen LogP contribution >= 0.6 is 0 Å². The van der Waals surface area contributed by atoms with Gasteiger partial charge in [0.05, 0.1) is 13.2 Å². The first-order valence-electron chi connectivity index (χ1n) is 2.52. The van der Waals surface area contributed by atoms with Gasteiger partial charge in [0.25, 0.3) is 0 Å². The Morgan fingerprint density at radius 1 is 1.50 bits per heavy atom. The van der Waals surface area contributed by atoms with Crippen molar-refractivity contribution in [2.24, 2.45) is 0 Å². The molecule has 1 rings (SSSR count). The van der Waals surface area contributed by atoms with Gasteiger partial charge in [-0.05, 0) is 5.92 Å². The van der Waals surface area contributed by atoms with E-state index in [9.17, 15) is 0 Å². The zero-order valence-electron chi connectivity index (χ0n) is 4.81. The lowest BCUT2D eigenvalue weighted by Gasteiger charge is -2.12. The highest BCUT2D eigenvalue weighted by Gasteiger charge is 2.27. The predicted molar refractivity (Wildman–Crippen MR) is 29.1 cm³/mol. The molecule has 0 aromatic rings. The second kappa shape index (κ2) is 1.77. The molecule has 0 saturated carbocycles. The van der Waals surface area contributed by atoms with Crippen LogP contribution in [0.25, 0.3) is 0 Å². The molecule has 44 valence electrons. The van der Waals surface area contributed by atoms with Gasteiger partial charge in [0.15, 0.2) is 0 Å².